The van der Waals surface area contributed by atoms with Crippen LogP contribution in [0.1, 0.15) is 25.1 Å². The number of aryl methyl sites for hydroxylation is 2. The average Bonchev–Trinajstić information content (AvgIpc) is 2.69. The van der Waals surface area contributed by atoms with Gasteiger partial charge in [-0.1, -0.05) is 37.7 Å². The Morgan fingerprint density at radius 3 is 2.50 bits per heavy atom. The van der Waals surface area contributed by atoms with Crippen LogP contribution in [0.5, 0.6) is 0 Å². The zero-order chi connectivity index (χ0) is 14.5. The van der Waals surface area contributed by atoms with Gasteiger partial charge in [-0.3, -0.25) is 4.68 Å². The molecule has 2 rings (SSSR count). The zero-order valence-electron chi connectivity index (χ0n) is 12.7. The molecule has 108 valence electrons. The molecule has 1 aromatic carbocycles. The van der Waals surface area contributed by atoms with Crippen LogP contribution in [0, 0.1) is 12.8 Å². The molecule has 2 aromatic rings. The first-order valence-electron chi connectivity index (χ1n) is 7.03. The van der Waals surface area contributed by atoms with Crippen LogP contribution in [0.2, 0.25) is 0 Å². The molecule has 0 bridgehead atoms. The van der Waals surface area contributed by atoms with Gasteiger partial charge < -0.3 is 5.32 Å². The summed E-state index contributed by atoms with van der Waals surface area (Å²) in [7, 11) is 1.99. The highest BCUT2D eigenvalue weighted by atomic mass is 32.2. The van der Waals surface area contributed by atoms with Crippen molar-refractivity contribution in [3.05, 3.63) is 41.6 Å². The molecule has 1 N–H and O–H groups in total. The Morgan fingerprint density at radius 2 is 1.95 bits per heavy atom. The van der Waals surface area contributed by atoms with Crippen LogP contribution in [0.15, 0.2) is 40.3 Å². The molecule has 0 saturated heterocycles. The molecule has 0 fully saturated rings. The van der Waals surface area contributed by atoms with Crippen LogP contribution < -0.4 is 5.32 Å². The van der Waals surface area contributed by atoms with Crippen LogP contribution >= 0.6 is 11.8 Å². The van der Waals surface area contributed by atoms with E-state index in [-0.39, 0.29) is 0 Å². The second-order valence-corrected chi connectivity index (χ2v) is 6.61. The second-order valence-electron chi connectivity index (χ2n) is 5.52. The quantitative estimate of drug-likeness (QED) is 0.881. The predicted octanol–water partition coefficient (Wildman–Crippen LogP) is 3.63. The van der Waals surface area contributed by atoms with Crippen LogP contribution in [-0.2, 0) is 13.6 Å². The first-order chi connectivity index (χ1) is 9.54. The van der Waals surface area contributed by atoms with Crippen LogP contribution in [0.4, 0.5) is 0 Å². The van der Waals surface area contributed by atoms with E-state index in [1.165, 1.54) is 15.5 Å². The monoisotopic (exact) mass is 289 g/mol. The van der Waals surface area contributed by atoms with Gasteiger partial charge >= 0.3 is 0 Å². The van der Waals surface area contributed by atoms with Gasteiger partial charge in [0, 0.05) is 18.5 Å². The maximum absolute atomic E-state index is 4.37. The highest BCUT2D eigenvalue weighted by molar-refractivity contribution is 7.99. The van der Waals surface area contributed by atoms with Gasteiger partial charge in [0.2, 0.25) is 0 Å². The van der Waals surface area contributed by atoms with Crippen molar-refractivity contribution in [2.45, 2.75) is 37.2 Å². The van der Waals surface area contributed by atoms with Crippen molar-refractivity contribution in [1.29, 1.82) is 0 Å². The van der Waals surface area contributed by atoms with Crippen LogP contribution in [0.3, 0.4) is 0 Å². The third-order valence-corrected chi connectivity index (χ3v) is 4.09. The fraction of sp³-hybridized carbons (Fsp3) is 0.438. The second kappa shape index (κ2) is 6.95. The summed E-state index contributed by atoms with van der Waals surface area (Å²) in [6, 6.07) is 10.9. The largest absolute Gasteiger partial charge is 0.312 e. The van der Waals surface area contributed by atoms with Gasteiger partial charge in [0.15, 0.2) is 0 Å². The maximum atomic E-state index is 4.37. The molecule has 4 heteroatoms. The summed E-state index contributed by atoms with van der Waals surface area (Å²) in [5, 5.41) is 9.00. The molecule has 0 unspecified atom stereocenters. The molecule has 0 aliphatic rings. The van der Waals surface area contributed by atoms with Gasteiger partial charge in [0.05, 0.1) is 10.7 Å². The van der Waals surface area contributed by atoms with Crippen molar-refractivity contribution in [1.82, 2.24) is 15.1 Å². The van der Waals surface area contributed by atoms with E-state index >= 15 is 0 Å². The number of nitrogens with zero attached hydrogens (tertiary/aromatic N) is 2. The van der Waals surface area contributed by atoms with Gasteiger partial charge in [0.1, 0.15) is 0 Å². The van der Waals surface area contributed by atoms with Gasteiger partial charge in [-0.25, -0.2) is 0 Å². The first-order valence-corrected chi connectivity index (χ1v) is 7.84. The summed E-state index contributed by atoms with van der Waals surface area (Å²) in [6.45, 7) is 8.47. The number of benzene rings is 1. The smallest absolute Gasteiger partial charge is 0.0986 e. The number of hydrogen-bond donors (Lipinski definition) is 1. The minimum Gasteiger partial charge on any atom is -0.312 e. The fourth-order valence-electron chi connectivity index (χ4n) is 1.98. The molecule has 0 aliphatic heterocycles. The summed E-state index contributed by atoms with van der Waals surface area (Å²) in [4.78, 5) is 1.25. The molecule has 0 saturated carbocycles. The molecular weight excluding hydrogens is 266 g/mol. The highest BCUT2D eigenvalue weighted by Gasteiger charge is 2.04. The van der Waals surface area contributed by atoms with Crippen LogP contribution in [0.25, 0.3) is 0 Å². The lowest BCUT2D eigenvalue weighted by atomic mass is 10.2. The lowest BCUT2D eigenvalue weighted by molar-refractivity contribution is 0.552. The van der Waals surface area contributed by atoms with Crippen molar-refractivity contribution in [2.75, 3.05) is 6.54 Å². The Morgan fingerprint density at radius 1 is 1.25 bits per heavy atom. The molecule has 0 atom stereocenters. The standard InChI is InChI=1S/C16H23N3S/c1-12(2)10-17-11-14-5-7-15(8-6-14)20-16-9-13(3)18-19(16)4/h5-9,12,17H,10-11H2,1-4H3. The summed E-state index contributed by atoms with van der Waals surface area (Å²) in [5.41, 5.74) is 2.39. The van der Waals surface area contributed by atoms with Gasteiger partial charge in [-0.05, 0) is 43.1 Å². The van der Waals surface area contributed by atoms with Gasteiger partial charge in [-0.2, -0.15) is 5.10 Å². The molecule has 0 aliphatic carbocycles. The van der Waals surface area contributed by atoms with Gasteiger partial charge in [0.25, 0.3) is 0 Å². The Bertz CT molecular complexity index is 543. The Labute approximate surface area is 125 Å². The van der Waals surface area contributed by atoms with E-state index in [0.717, 1.165) is 18.8 Å². The van der Waals surface area contributed by atoms with Crippen molar-refractivity contribution in [3.8, 4) is 0 Å². The topological polar surface area (TPSA) is 29.9 Å². The van der Waals surface area contributed by atoms with Crippen molar-refractivity contribution < 1.29 is 0 Å². The van der Waals surface area contributed by atoms with Crippen LogP contribution in [-0.4, -0.2) is 16.3 Å². The van der Waals surface area contributed by atoms with E-state index < -0.39 is 0 Å². The normalized spacial score (nSPS) is 11.2. The van der Waals surface area contributed by atoms with E-state index in [1.54, 1.807) is 11.8 Å². The third kappa shape index (κ3) is 4.39. The molecule has 1 aromatic heterocycles. The SMILES string of the molecule is Cc1cc(Sc2ccc(CNCC(C)C)cc2)n(C)n1. The fourth-order valence-corrected chi connectivity index (χ4v) is 2.90. The Kier molecular flexibility index (Phi) is 5.26. The Balaban J connectivity index is 1.93. The number of hydrogen-bond acceptors (Lipinski definition) is 3. The summed E-state index contributed by atoms with van der Waals surface area (Å²) >= 11 is 1.75. The lowest BCUT2D eigenvalue weighted by Crippen LogP contribution is -2.18. The van der Waals surface area contributed by atoms with Crippen molar-refractivity contribution in [3.63, 3.8) is 0 Å². The molecule has 1 heterocycles. The molecule has 0 radical (unpaired) electrons. The molecule has 0 spiro atoms. The van der Waals surface area contributed by atoms with Gasteiger partial charge in [-0.15, -0.1) is 0 Å². The Hall–Kier alpha value is -1.26. The van der Waals surface area contributed by atoms with Crippen molar-refractivity contribution >= 4 is 11.8 Å². The lowest BCUT2D eigenvalue weighted by Gasteiger charge is -2.08. The van der Waals surface area contributed by atoms with E-state index in [9.17, 15) is 0 Å². The first kappa shape index (κ1) is 15.1. The van der Waals surface area contributed by atoms with E-state index in [4.69, 9.17) is 0 Å². The van der Waals surface area contributed by atoms with E-state index in [2.05, 4.69) is 54.6 Å². The molecule has 20 heavy (non-hydrogen) atoms. The minimum absolute atomic E-state index is 0.693. The summed E-state index contributed by atoms with van der Waals surface area (Å²) < 4.78 is 1.93. The predicted molar refractivity (Wildman–Crippen MR) is 85.1 cm³/mol. The minimum atomic E-state index is 0.693. The van der Waals surface area contributed by atoms with Crippen molar-refractivity contribution in [2.24, 2.45) is 13.0 Å². The third-order valence-electron chi connectivity index (χ3n) is 2.99. The molecule has 3 nitrogen and oxygen atoms in total. The summed E-state index contributed by atoms with van der Waals surface area (Å²) in [6.07, 6.45) is 0. The number of rotatable bonds is 6. The molecular formula is C16H23N3S. The molecule has 0 amide bonds. The highest BCUT2D eigenvalue weighted by Crippen LogP contribution is 2.27. The zero-order valence-corrected chi connectivity index (χ0v) is 13.5. The average molecular weight is 289 g/mol. The number of aromatic nitrogens is 2. The maximum Gasteiger partial charge on any atom is 0.0986 e. The summed E-state index contributed by atoms with van der Waals surface area (Å²) in [5.74, 6) is 0.693. The van der Waals surface area contributed by atoms with E-state index in [1.807, 2.05) is 18.7 Å². The van der Waals surface area contributed by atoms with E-state index in [0.29, 0.717) is 5.92 Å². The number of nitrogens with one attached hydrogen (secondary N) is 1.